The van der Waals surface area contributed by atoms with Gasteiger partial charge in [-0.1, -0.05) is 18.2 Å². The molecule has 8 heteroatoms. The topological polar surface area (TPSA) is 87.5 Å². The molecule has 4 N–H and O–H groups in total. The quantitative estimate of drug-likeness (QED) is 0.686. The number of hydrogen-bond acceptors (Lipinski definition) is 4. The standard InChI is InChI=1S/C19H28N4O2.2ClH/c20-15-7-6-14(12-15)19(25)22-17-8-10-23(11-9-17)13-18(24)21-16-4-2-1-3-5-16;;/h1-5,14-15,17H,6-13,20H2,(H,21,24)(H,22,25);2*1H. The SMILES string of the molecule is Cl.Cl.NC1CCC(C(=O)NC2CCN(CC(=O)Nc3ccccc3)CC2)C1. The van der Waals surface area contributed by atoms with E-state index in [-0.39, 0.29) is 54.6 Å². The highest BCUT2D eigenvalue weighted by atomic mass is 35.5. The number of nitrogens with one attached hydrogen (secondary N) is 2. The summed E-state index contributed by atoms with van der Waals surface area (Å²) >= 11 is 0. The van der Waals surface area contributed by atoms with Gasteiger partial charge in [0.2, 0.25) is 11.8 Å². The Morgan fingerprint density at radius 2 is 1.70 bits per heavy atom. The van der Waals surface area contributed by atoms with E-state index in [1.807, 2.05) is 30.3 Å². The van der Waals surface area contributed by atoms with Crippen LogP contribution in [0.25, 0.3) is 0 Å². The Labute approximate surface area is 173 Å². The molecule has 3 rings (SSSR count). The minimum atomic E-state index is 0. The van der Waals surface area contributed by atoms with Crippen LogP contribution in [0.2, 0.25) is 0 Å². The van der Waals surface area contributed by atoms with E-state index in [4.69, 9.17) is 5.73 Å². The Bertz CT molecular complexity index is 595. The predicted octanol–water partition coefficient (Wildman–Crippen LogP) is 2.18. The maximum absolute atomic E-state index is 12.3. The number of nitrogens with two attached hydrogens (primary N) is 1. The Morgan fingerprint density at radius 3 is 2.30 bits per heavy atom. The smallest absolute Gasteiger partial charge is 0.238 e. The molecule has 152 valence electrons. The van der Waals surface area contributed by atoms with E-state index < -0.39 is 0 Å². The third kappa shape index (κ3) is 7.30. The average molecular weight is 417 g/mol. The second-order valence-corrected chi connectivity index (χ2v) is 7.24. The highest BCUT2D eigenvalue weighted by molar-refractivity contribution is 5.92. The molecule has 0 aromatic heterocycles. The fourth-order valence-corrected chi connectivity index (χ4v) is 3.73. The molecule has 6 nitrogen and oxygen atoms in total. The molecule has 1 aromatic rings. The van der Waals surface area contributed by atoms with E-state index >= 15 is 0 Å². The van der Waals surface area contributed by atoms with E-state index in [0.717, 1.165) is 50.9 Å². The fourth-order valence-electron chi connectivity index (χ4n) is 3.73. The van der Waals surface area contributed by atoms with Gasteiger partial charge in [0.15, 0.2) is 0 Å². The van der Waals surface area contributed by atoms with E-state index in [2.05, 4.69) is 15.5 Å². The van der Waals surface area contributed by atoms with Gasteiger partial charge in [0.25, 0.3) is 0 Å². The summed E-state index contributed by atoms with van der Waals surface area (Å²) in [6.07, 6.45) is 4.45. The summed E-state index contributed by atoms with van der Waals surface area (Å²) in [6, 6.07) is 9.90. The lowest BCUT2D eigenvalue weighted by Crippen LogP contribution is -2.47. The molecular formula is C19H30Cl2N4O2. The van der Waals surface area contributed by atoms with Crippen molar-refractivity contribution in [3.63, 3.8) is 0 Å². The van der Waals surface area contributed by atoms with Crippen molar-refractivity contribution in [1.82, 2.24) is 10.2 Å². The molecule has 0 spiro atoms. The van der Waals surface area contributed by atoms with E-state index in [1.54, 1.807) is 0 Å². The summed E-state index contributed by atoms with van der Waals surface area (Å²) < 4.78 is 0. The molecule has 1 aromatic carbocycles. The Kier molecular flexibility index (Phi) is 10.1. The highest BCUT2D eigenvalue weighted by Gasteiger charge is 2.30. The highest BCUT2D eigenvalue weighted by Crippen LogP contribution is 2.24. The van der Waals surface area contributed by atoms with E-state index in [9.17, 15) is 9.59 Å². The number of hydrogen-bond donors (Lipinski definition) is 3. The Morgan fingerprint density at radius 1 is 1.04 bits per heavy atom. The van der Waals surface area contributed by atoms with Gasteiger partial charge in [-0.05, 0) is 44.2 Å². The van der Waals surface area contributed by atoms with Crippen molar-refractivity contribution in [1.29, 1.82) is 0 Å². The molecular weight excluding hydrogens is 387 g/mol. The van der Waals surface area contributed by atoms with Gasteiger partial charge in [0, 0.05) is 36.8 Å². The number of rotatable bonds is 5. The first-order valence-corrected chi connectivity index (χ1v) is 9.23. The monoisotopic (exact) mass is 416 g/mol. The van der Waals surface area contributed by atoms with Crippen molar-refractivity contribution >= 4 is 42.3 Å². The van der Waals surface area contributed by atoms with Crippen LogP contribution in [0.3, 0.4) is 0 Å². The van der Waals surface area contributed by atoms with Crippen molar-refractivity contribution in [2.45, 2.75) is 44.2 Å². The second-order valence-electron chi connectivity index (χ2n) is 7.24. The minimum absolute atomic E-state index is 0. The molecule has 1 saturated carbocycles. The zero-order chi connectivity index (χ0) is 17.6. The van der Waals surface area contributed by atoms with Crippen molar-refractivity contribution in [2.75, 3.05) is 25.0 Å². The number of carbonyl (C=O) groups is 2. The third-order valence-corrected chi connectivity index (χ3v) is 5.20. The molecule has 2 amide bonds. The molecule has 1 aliphatic carbocycles. The number of carbonyl (C=O) groups excluding carboxylic acids is 2. The van der Waals surface area contributed by atoms with Crippen molar-refractivity contribution < 1.29 is 9.59 Å². The number of benzene rings is 1. The minimum Gasteiger partial charge on any atom is -0.353 e. The predicted molar refractivity (Wildman–Crippen MR) is 112 cm³/mol. The number of amides is 2. The van der Waals surface area contributed by atoms with E-state index in [0.29, 0.717) is 6.54 Å². The van der Waals surface area contributed by atoms with Gasteiger partial charge in [-0.25, -0.2) is 0 Å². The van der Waals surface area contributed by atoms with Crippen LogP contribution < -0.4 is 16.4 Å². The van der Waals surface area contributed by atoms with Gasteiger partial charge in [0.1, 0.15) is 0 Å². The van der Waals surface area contributed by atoms with Crippen molar-refractivity contribution in [3.05, 3.63) is 30.3 Å². The summed E-state index contributed by atoms with van der Waals surface area (Å²) in [5, 5.41) is 6.09. The lowest BCUT2D eigenvalue weighted by molar-refractivity contribution is -0.126. The summed E-state index contributed by atoms with van der Waals surface area (Å²) in [4.78, 5) is 26.5. The number of likely N-dealkylation sites (tertiary alicyclic amines) is 1. The fraction of sp³-hybridized carbons (Fsp3) is 0.579. The van der Waals surface area contributed by atoms with E-state index in [1.165, 1.54) is 0 Å². The average Bonchev–Trinajstić information content (AvgIpc) is 3.04. The van der Waals surface area contributed by atoms with Crippen molar-refractivity contribution in [2.24, 2.45) is 11.7 Å². The molecule has 0 radical (unpaired) electrons. The molecule has 27 heavy (non-hydrogen) atoms. The largest absolute Gasteiger partial charge is 0.353 e. The normalized spacial score (nSPS) is 23.0. The number of halogens is 2. The Balaban J connectivity index is 0.00000182. The van der Waals surface area contributed by atoms with Crippen molar-refractivity contribution in [3.8, 4) is 0 Å². The van der Waals surface area contributed by atoms with Crippen LogP contribution in [-0.2, 0) is 9.59 Å². The lowest BCUT2D eigenvalue weighted by Gasteiger charge is -2.32. The molecule has 1 aliphatic heterocycles. The zero-order valence-electron chi connectivity index (χ0n) is 15.4. The van der Waals surface area contributed by atoms with Crippen LogP contribution in [0.4, 0.5) is 5.69 Å². The maximum Gasteiger partial charge on any atom is 0.238 e. The molecule has 1 saturated heterocycles. The molecule has 0 bridgehead atoms. The van der Waals surface area contributed by atoms with Gasteiger partial charge in [-0.2, -0.15) is 0 Å². The van der Waals surface area contributed by atoms with Crippen LogP contribution >= 0.6 is 24.8 Å². The first-order chi connectivity index (χ1) is 12.1. The second kappa shape index (κ2) is 11.5. The first-order valence-electron chi connectivity index (χ1n) is 9.23. The maximum atomic E-state index is 12.3. The number of piperidine rings is 1. The number of anilines is 1. The van der Waals surface area contributed by atoms with Gasteiger partial charge >= 0.3 is 0 Å². The van der Waals surface area contributed by atoms with Crippen LogP contribution in [0.5, 0.6) is 0 Å². The molecule has 2 unspecified atom stereocenters. The first kappa shape index (κ1) is 23.7. The number of para-hydroxylation sites is 1. The molecule has 2 atom stereocenters. The summed E-state index contributed by atoms with van der Waals surface area (Å²) in [6.45, 7) is 2.06. The van der Waals surface area contributed by atoms with Crippen LogP contribution in [0.15, 0.2) is 30.3 Å². The number of nitrogens with zero attached hydrogens (tertiary/aromatic N) is 1. The van der Waals surface area contributed by atoms with Gasteiger partial charge in [-0.3, -0.25) is 14.5 Å². The Hall–Kier alpha value is -1.34. The molecule has 2 aliphatic rings. The van der Waals surface area contributed by atoms with Crippen LogP contribution in [-0.4, -0.2) is 48.4 Å². The summed E-state index contributed by atoms with van der Waals surface area (Å²) in [5.74, 6) is 0.256. The van der Waals surface area contributed by atoms with Gasteiger partial charge in [-0.15, -0.1) is 24.8 Å². The van der Waals surface area contributed by atoms with Crippen LogP contribution in [0, 0.1) is 5.92 Å². The zero-order valence-corrected chi connectivity index (χ0v) is 17.1. The molecule has 1 heterocycles. The molecule has 2 fully saturated rings. The lowest BCUT2D eigenvalue weighted by atomic mass is 10.0. The van der Waals surface area contributed by atoms with Gasteiger partial charge in [0.05, 0.1) is 6.54 Å². The third-order valence-electron chi connectivity index (χ3n) is 5.20. The van der Waals surface area contributed by atoms with Gasteiger partial charge < -0.3 is 16.4 Å². The summed E-state index contributed by atoms with van der Waals surface area (Å²) in [7, 11) is 0. The van der Waals surface area contributed by atoms with Crippen LogP contribution in [0.1, 0.15) is 32.1 Å². The summed E-state index contributed by atoms with van der Waals surface area (Å²) in [5.41, 5.74) is 6.71.